The molecule has 38 heavy (non-hydrogen) atoms. The van der Waals surface area contributed by atoms with Crippen molar-refractivity contribution in [1.82, 2.24) is 14.5 Å². The lowest BCUT2D eigenvalue weighted by Crippen LogP contribution is -2.49. The third kappa shape index (κ3) is 6.62. The first-order valence-electron chi connectivity index (χ1n) is 11.7. The molecule has 0 bridgehead atoms. The number of hydrogen-bond donors (Lipinski definition) is 2. The summed E-state index contributed by atoms with van der Waals surface area (Å²) in [5.74, 6) is -1.39. The molecule has 0 fully saturated rings. The average molecular weight is 588 g/mol. The molecule has 0 unspecified atom stereocenters. The van der Waals surface area contributed by atoms with E-state index in [4.69, 9.17) is 13.8 Å². The molecule has 3 aromatic rings. The number of alkyl carbamates (subject to hydrolysis) is 1. The van der Waals surface area contributed by atoms with Crippen molar-refractivity contribution in [2.45, 2.75) is 59.4 Å². The molecular weight excluding hydrogens is 557 g/mol. The van der Waals surface area contributed by atoms with Gasteiger partial charge < -0.3 is 24.2 Å². The van der Waals surface area contributed by atoms with E-state index >= 15 is 0 Å². The van der Waals surface area contributed by atoms with Crippen LogP contribution in [0.4, 0.5) is 4.79 Å². The van der Waals surface area contributed by atoms with Crippen LogP contribution < -0.4 is 21.2 Å². The fraction of sp³-hybridized carbons (Fsp3) is 0.478. The zero-order valence-corrected chi connectivity index (χ0v) is 24.1. The second kappa shape index (κ2) is 12.0. The highest BCUT2D eigenvalue weighted by Gasteiger charge is 2.32. The van der Waals surface area contributed by atoms with Crippen LogP contribution in [0.25, 0.3) is 10.9 Å². The number of nitrogens with zero attached hydrogens (tertiary/aromatic N) is 2. The Labute approximate surface area is 226 Å². The second-order valence-electron chi connectivity index (χ2n) is 9.08. The van der Waals surface area contributed by atoms with E-state index in [0.29, 0.717) is 5.56 Å². The Morgan fingerprint density at radius 1 is 1.13 bits per heavy atom. The molecule has 0 spiro atoms. The molecule has 1 atom stereocenters. The minimum atomic E-state index is -3.69. The van der Waals surface area contributed by atoms with E-state index in [9.17, 15) is 28.8 Å². The van der Waals surface area contributed by atoms with Gasteiger partial charge >= 0.3 is 25.3 Å². The molecule has 12 nitrogen and oxygen atoms in total. The summed E-state index contributed by atoms with van der Waals surface area (Å²) in [7, 11) is -3.69. The van der Waals surface area contributed by atoms with Gasteiger partial charge in [0.1, 0.15) is 16.3 Å². The fourth-order valence-electron chi connectivity index (χ4n) is 3.63. The van der Waals surface area contributed by atoms with E-state index in [1.54, 1.807) is 56.8 Å². The maximum Gasteiger partial charge on any atom is 0.408 e. The zero-order valence-electron chi connectivity index (χ0n) is 21.6. The van der Waals surface area contributed by atoms with Gasteiger partial charge in [0.25, 0.3) is 5.56 Å². The first-order chi connectivity index (χ1) is 17.8. The summed E-state index contributed by atoms with van der Waals surface area (Å²) >= 11 is 2.30. The van der Waals surface area contributed by atoms with Crippen molar-refractivity contribution in [2.75, 3.05) is 13.2 Å². The van der Waals surface area contributed by atoms with Crippen LogP contribution in [-0.4, -0.2) is 51.2 Å². The summed E-state index contributed by atoms with van der Waals surface area (Å²) in [6.07, 6.45) is -0.960. The van der Waals surface area contributed by atoms with Gasteiger partial charge in [0, 0.05) is 10.8 Å². The maximum atomic E-state index is 13.6. The summed E-state index contributed by atoms with van der Waals surface area (Å²) in [5.41, 5.74) is -1.61. The number of amides is 1. The number of carboxylic acid groups (broad SMARTS) is 1. The van der Waals surface area contributed by atoms with E-state index in [1.807, 2.05) is 0 Å². The van der Waals surface area contributed by atoms with Gasteiger partial charge in [-0.2, -0.15) is 0 Å². The number of carboxylic acids is 1. The fourth-order valence-corrected chi connectivity index (χ4v) is 7.58. The Balaban J connectivity index is 2.06. The molecule has 3 rings (SSSR count). The molecule has 3 aromatic heterocycles. The number of ether oxygens (including phenoxy) is 1. The van der Waals surface area contributed by atoms with E-state index in [0.717, 1.165) is 20.5 Å². The maximum absolute atomic E-state index is 13.6. The van der Waals surface area contributed by atoms with Gasteiger partial charge in [-0.05, 0) is 51.6 Å². The number of fused-ring (bicyclic) bond motifs is 1. The quantitative estimate of drug-likeness (QED) is 0.322. The van der Waals surface area contributed by atoms with Gasteiger partial charge in [-0.15, -0.1) is 22.7 Å². The lowest BCUT2D eigenvalue weighted by molar-refractivity contribution is -0.139. The summed E-state index contributed by atoms with van der Waals surface area (Å²) in [6.45, 7) is 7.79. The Hall–Kier alpha value is -2.77. The molecule has 0 aliphatic rings. The van der Waals surface area contributed by atoms with Crippen LogP contribution in [0.3, 0.4) is 0 Å². The van der Waals surface area contributed by atoms with Gasteiger partial charge in [-0.1, -0.05) is 0 Å². The molecule has 15 heteroatoms. The molecule has 0 radical (unpaired) electrons. The first-order valence-corrected chi connectivity index (χ1v) is 15.1. The summed E-state index contributed by atoms with van der Waals surface area (Å²) in [5, 5.41) is 17.0. The molecule has 0 aliphatic heterocycles. The number of hydrogen-bond acceptors (Lipinski definition) is 10. The average Bonchev–Trinajstić information content (AvgIpc) is 3.48. The topological polar surface area (TPSA) is 155 Å². The SMILES string of the molecule is CCOP(=O)(OCC)c1sccc1Cn1c(=O)c2cscc2n(C[C@H](NC(=O)OC(C)(C)C)C(=O)O)c1=O. The van der Waals surface area contributed by atoms with Crippen molar-refractivity contribution in [3.63, 3.8) is 0 Å². The first kappa shape index (κ1) is 29.8. The third-order valence-corrected chi connectivity index (χ3v) is 9.58. The Morgan fingerprint density at radius 2 is 1.79 bits per heavy atom. The molecule has 0 aromatic carbocycles. The van der Waals surface area contributed by atoms with Crippen LogP contribution >= 0.6 is 30.3 Å². The van der Waals surface area contributed by atoms with E-state index in [-0.39, 0.29) is 35.3 Å². The molecule has 0 saturated heterocycles. The molecule has 0 saturated carbocycles. The van der Waals surface area contributed by atoms with Crippen LogP contribution in [0.2, 0.25) is 0 Å². The van der Waals surface area contributed by atoms with E-state index in [1.165, 1.54) is 11.3 Å². The normalized spacial score (nSPS) is 13.0. The second-order valence-corrected chi connectivity index (χ2v) is 13.0. The molecule has 208 valence electrons. The highest BCUT2D eigenvalue weighted by Crippen LogP contribution is 2.49. The van der Waals surface area contributed by atoms with Crippen molar-refractivity contribution in [3.05, 3.63) is 48.6 Å². The van der Waals surface area contributed by atoms with Crippen LogP contribution in [-0.2, 0) is 36.2 Å². The number of nitrogens with one attached hydrogen (secondary N) is 1. The predicted octanol–water partition coefficient (Wildman–Crippen LogP) is 3.20. The number of thiophene rings is 2. The van der Waals surface area contributed by atoms with Gasteiger partial charge in [0.05, 0.1) is 37.2 Å². The highest BCUT2D eigenvalue weighted by atomic mass is 32.1. The van der Waals surface area contributed by atoms with Gasteiger partial charge in [-0.3, -0.25) is 18.5 Å². The monoisotopic (exact) mass is 587 g/mol. The highest BCUT2D eigenvalue weighted by molar-refractivity contribution is 7.68. The number of rotatable bonds is 11. The van der Waals surface area contributed by atoms with Gasteiger partial charge in [-0.25, -0.2) is 14.4 Å². The number of aromatic nitrogens is 2. The largest absolute Gasteiger partial charge is 0.480 e. The number of aliphatic carboxylic acids is 1. The number of carbonyl (C=O) groups excluding carboxylic acids is 1. The van der Waals surface area contributed by atoms with Gasteiger partial charge in [0.15, 0.2) is 0 Å². The van der Waals surface area contributed by atoms with E-state index in [2.05, 4.69) is 5.32 Å². The van der Waals surface area contributed by atoms with Crippen molar-refractivity contribution in [2.24, 2.45) is 0 Å². The Morgan fingerprint density at radius 3 is 2.37 bits per heavy atom. The van der Waals surface area contributed by atoms with Crippen LogP contribution in [0.1, 0.15) is 40.2 Å². The Bertz CT molecular complexity index is 1470. The van der Waals surface area contributed by atoms with Crippen molar-refractivity contribution in [1.29, 1.82) is 0 Å². The van der Waals surface area contributed by atoms with Crippen LogP contribution in [0, 0.1) is 0 Å². The van der Waals surface area contributed by atoms with Crippen LogP contribution in [0.5, 0.6) is 0 Å². The van der Waals surface area contributed by atoms with Crippen molar-refractivity contribution < 1.29 is 33.0 Å². The van der Waals surface area contributed by atoms with Crippen molar-refractivity contribution in [3.8, 4) is 0 Å². The lowest BCUT2D eigenvalue weighted by atomic mass is 10.2. The Kier molecular flexibility index (Phi) is 9.37. The zero-order chi connectivity index (χ0) is 28.3. The molecule has 2 N–H and O–H groups in total. The lowest BCUT2D eigenvalue weighted by Gasteiger charge is -2.22. The summed E-state index contributed by atoms with van der Waals surface area (Å²) in [4.78, 5) is 51.1. The minimum absolute atomic E-state index is 0.128. The molecule has 1 amide bonds. The molecule has 3 heterocycles. The van der Waals surface area contributed by atoms with E-state index < -0.39 is 49.1 Å². The number of carbonyl (C=O) groups is 2. The van der Waals surface area contributed by atoms with Crippen molar-refractivity contribution >= 4 is 57.9 Å². The molecular formula is C23H30N3O9PS2. The predicted molar refractivity (Wildman–Crippen MR) is 145 cm³/mol. The third-order valence-electron chi connectivity index (χ3n) is 5.12. The summed E-state index contributed by atoms with van der Waals surface area (Å²) in [6, 6.07) is 0.104. The minimum Gasteiger partial charge on any atom is -0.480 e. The smallest absolute Gasteiger partial charge is 0.408 e. The standard InChI is InChI=1S/C23H30N3O9PS2/c1-6-33-36(32,34-7-2)20-14(8-9-38-20)10-26-18(27)15-12-37-13-17(15)25(22(26)31)11-16(19(28)29)24-21(30)35-23(3,4)5/h8-9,12-13,16H,6-7,10-11H2,1-5H3,(H,24,30)(H,28,29)/t16-/m0/s1. The molecule has 0 aliphatic carbocycles. The van der Waals surface area contributed by atoms with Gasteiger partial charge in [0.2, 0.25) is 0 Å². The summed E-state index contributed by atoms with van der Waals surface area (Å²) < 4.78 is 31.8. The van der Waals surface area contributed by atoms with Crippen LogP contribution in [0.15, 0.2) is 31.8 Å².